The van der Waals surface area contributed by atoms with Gasteiger partial charge in [0.25, 0.3) is 0 Å². The Balaban J connectivity index is 1.94. The van der Waals surface area contributed by atoms with Crippen LogP contribution in [0.4, 0.5) is 0 Å². The Morgan fingerprint density at radius 3 is 2.33 bits per heavy atom. The fourth-order valence-electron chi connectivity index (χ4n) is 1.97. The number of benzene rings is 1. The third-order valence-corrected chi connectivity index (χ3v) is 3.49. The van der Waals surface area contributed by atoms with Crippen molar-refractivity contribution in [2.75, 3.05) is 19.6 Å². The first-order valence-corrected chi connectivity index (χ1v) is 6.19. The maximum atomic E-state index is 6.35. The molecule has 82 valence electrons. The predicted octanol–water partition coefficient (Wildman–Crippen LogP) is 3.72. The Hall–Kier alpha value is -0.240. The van der Waals surface area contributed by atoms with Crippen LogP contribution in [0.2, 0.25) is 5.02 Å². The second kappa shape index (κ2) is 5.20. The molecule has 0 radical (unpaired) electrons. The van der Waals surface area contributed by atoms with E-state index in [9.17, 15) is 0 Å². The fraction of sp³-hybridized carbons (Fsp3) is 0.500. The van der Waals surface area contributed by atoms with Crippen molar-refractivity contribution in [3.63, 3.8) is 0 Å². The fourth-order valence-corrected chi connectivity index (χ4v) is 2.44. The number of alkyl halides is 1. The Labute approximate surface area is 101 Å². The molecule has 1 heterocycles. The SMILES string of the molecule is Clc1ccc(C(Cl)CN2CCCC2)cc1. The molecular weight excluding hydrogens is 229 g/mol. The van der Waals surface area contributed by atoms with E-state index in [0.717, 1.165) is 17.1 Å². The third kappa shape index (κ3) is 3.10. The van der Waals surface area contributed by atoms with Crippen LogP contribution < -0.4 is 0 Å². The van der Waals surface area contributed by atoms with Gasteiger partial charge in [-0.2, -0.15) is 0 Å². The van der Waals surface area contributed by atoms with Crippen LogP contribution in [0.15, 0.2) is 24.3 Å². The van der Waals surface area contributed by atoms with Crippen molar-refractivity contribution in [2.45, 2.75) is 18.2 Å². The molecule has 0 amide bonds. The van der Waals surface area contributed by atoms with Crippen LogP contribution in [0.5, 0.6) is 0 Å². The topological polar surface area (TPSA) is 3.24 Å². The van der Waals surface area contributed by atoms with Gasteiger partial charge in [-0.25, -0.2) is 0 Å². The molecule has 1 fully saturated rings. The number of hydrogen-bond donors (Lipinski definition) is 0. The molecule has 2 rings (SSSR count). The Kier molecular flexibility index (Phi) is 3.90. The highest BCUT2D eigenvalue weighted by Gasteiger charge is 2.16. The summed E-state index contributed by atoms with van der Waals surface area (Å²) in [6, 6.07) is 7.82. The minimum atomic E-state index is 0.0837. The van der Waals surface area contributed by atoms with Gasteiger partial charge in [-0.05, 0) is 43.6 Å². The largest absolute Gasteiger partial charge is 0.302 e. The summed E-state index contributed by atoms with van der Waals surface area (Å²) in [6.07, 6.45) is 2.62. The quantitative estimate of drug-likeness (QED) is 0.732. The highest BCUT2D eigenvalue weighted by molar-refractivity contribution is 6.30. The van der Waals surface area contributed by atoms with Crippen LogP contribution in [0, 0.1) is 0 Å². The van der Waals surface area contributed by atoms with E-state index in [4.69, 9.17) is 23.2 Å². The van der Waals surface area contributed by atoms with Gasteiger partial charge in [0.15, 0.2) is 0 Å². The van der Waals surface area contributed by atoms with Crippen LogP contribution in [0.1, 0.15) is 23.8 Å². The van der Waals surface area contributed by atoms with Crippen molar-refractivity contribution in [1.82, 2.24) is 4.90 Å². The molecule has 0 bridgehead atoms. The Bertz CT molecular complexity index is 304. The molecule has 15 heavy (non-hydrogen) atoms. The molecule has 1 aliphatic heterocycles. The first kappa shape index (κ1) is 11.3. The minimum Gasteiger partial charge on any atom is -0.302 e. The van der Waals surface area contributed by atoms with Crippen molar-refractivity contribution < 1.29 is 0 Å². The van der Waals surface area contributed by atoms with Gasteiger partial charge in [0.2, 0.25) is 0 Å². The van der Waals surface area contributed by atoms with Crippen molar-refractivity contribution in [1.29, 1.82) is 0 Å². The standard InChI is InChI=1S/C12H15Cl2N/c13-11-5-3-10(4-6-11)12(14)9-15-7-1-2-8-15/h3-6,12H,1-2,7-9H2. The summed E-state index contributed by atoms with van der Waals surface area (Å²) in [5.74, 6) is 0. The van der Waals surface area contributed by atoms with Crippen LogP contribution in [0.25, 0.3) is 0 Å². The highest BCUT2D eigenvalue weighted by Crippen LogP contribution is 2.24. The van der Waals surface area contributed by atoms with Gasteiger partial charge in [-0.15, -0.1) is 11.6 Å². The van der Waals surface area contributed by atoms with E-state index in [1.165, 1.54) is 25.9 Å². The van der Waals surface area contributed by atoms with E-state index in [0.29, 0.717) is 0 Å². The maximum Gasteiger partial charge on any atom is 0.0712 e. The third-order valence-electron chi connectivity index (χ3n) is 2.85. The normalized spacial score (nSPS) is 19.3. The van der Waals surface area contributed by atoms with Gasteiger partial charge in [-0.1, -0.05) is 23.7 Å². The van der Waals surface area contributed by atoms with Crippen molar-refractivity contribution in [3.05, 3.63) is 34.9 Å². The smallest absolute Gasteiger partial charge is 0.0712 e. The second-order valence-corrected chi connectivity index (χ2v) is 4.99. The summed E-state index contributed by atoms with van der Waals surface area (Å²) in [7, 11) is 0. The molecule has 0 saturated carbocycles. The van der Waals surface area contributed by atoms with Crippen LogP contribution in [-0.4, -0.2) is 24.5 Å². The number of likely N-dealkylation sites (tertiary alicyclic amines) is 1. The number of rotatable bonds is 3. The summed E-state index contributed by atoms with van der Waals surface area (Å²) in [5.41, 5.74) is 1.16. The van der Waals surface area contributed by atoms with Gasteiger partial charge < -0.3 is 4.90 Å². The summed E-state index contributed by atoms with van der Waals surface area (Å²) in [4.78, 5) is 2.42. The molecule has 1 aromatic carbocycles. The monoisotopic (exact) mass is 243 g/mol. The molecular formula is C12H15Cl2N. The van der Waals surface area contributed by atoms with Crippen LogP contribution in [0.3, 0.4) is 0 Å². The van der Waals surface area contributed by atoms with Crippen LogP contribution >= 0.6 is 23.2 Å². The summed E-state index contributed by atoms with van der Waals surface area (Å²) in [5, 5.41) is 0.851. The Morgan fingerprint density at radius 2 is 1.73 bits per heavy atom. The van der Waals surface area contributed by atoms with Crippen LogP contribution in [-0.2, 0) is 0 Å². The first-order valence-electron chi connectivity index (χ1n) is 5.37. The zero-order chi connectivity index (χ0) is 10.7. The first-order chi connectivity index (χ1) is 7.25. The number of hydrogen-bond acceptors (Lipinski definition) is 1. The van der Waals surface area contributed by atoms with Crippen molar-refractivity contribution in [2.24, 2.45) is 0 Å². The minimum absolute atomic E-state index is 0.0837. The lowest BCUT2D eigenvalue weighted by molar-refractivity contribution is 0.339. The molecule has 1 saturated heterocycles. The zero-order valence-electron chi connectivity index (χ0n) is 8.63. The van der Waals surface area contributed by atoms with E-state index >= 15 is 0 Å². The van der Waals surface area contributed by atoms with Gasteiger partial charge in [0, 0.05) is 11.6 Å². The molecule has 0 spiro atoms. The molecule has 3 heteroatoms. The molecule has 1 unspecified atom stereocenters. The molecule has 1 aromatic rings. The molecule has 0 aromatic heterocycles. The molecule has 1 atom stereocenters. The summed E-state index contributed by atoms with van der Waals surface area (Å²) in [6.45, 7) is 3.33. The van der Waals surface area contributed by atoms with E-state index in [1.807, 2.05) is 24.3 Å². The van der Waals surface area contributed by atoms with Gasteiger partial charge in [0.05, 0.1) is 5.38 Å². The molecule has 1 nitrogen and oxygen atoms in total. The average molecular weight is 244 g/mol. The van der Waals surface area contributed by atoms with E-state index in [-0.39, 0.29) is 5.38 Å². The lowest BCUT2D eigenvalue weighted by atomic mass is 10.1. The van der Waals surface area contributed by atoms with Gasteiger partial charge in [0.1, 0.15) is 0 Å². The predicted molar refractivity (Wildman–Crippen MR) is 65.7 cm³/mol. The summed E-state index contributed by atoms with van der Waals surface area (Å²) >= 11 is 12.2. The summed E-state index contributed by atoms with van der Waals surface area (Å²) < 4.78 is 0. The van der Waals surface area contributed by atoms with Crippen molar-refractivity contribution >= 4 is 23.2 Å². The second-order valence-electron chi connectivity index (χ2n) is 4.03. The molecule has 1 aliphatic rings. The van der Waals surface area contributed by atoms with Crippen molar-refractivity contribution in [3.8, 4) is 0 Å². The van der Waals surface area contributed by atoms with E-state index in [2.05, 4.69) is 4.90 Å². The van der Waals surface area contributed by atoms with E-state index in [1.54, 1.807) is 0 Å². The average Bonchev–Trinajstić information content (AvgIpc) is 2.71. The Morgan fingerprint density at radius 1 is 1.13 bits per heavy atom. The number of nitrogens with zero attached hydrogens (tertiary/aromatic N) is 1. The van der Waals surface area contributed by atoms with Gasteiger partial charge in [-0.3, -0.25) is 0 Å². The molecule has 0 N–H and O–H groups in total. The lowest BCUT2D eigenvalue weighted by Crippen LogP contribution is -2.23. The molecule has 0 aliphatic carbocycles. The van der Waals surface area contributed by atoms with Gasteiger partial charge >= 0.3 is 0 Å². The lowest BCUT2D eigenvalue weighted by Gasteiger charge is -2.18. The van der Waals surface area contributed by atoms with E-state index < -0.39 is 0 Å². The highest BCUT2D eigenvalue weighted by atomic mass is 35.5. The zero-order valence-corrected chi connectivity index (χ0v) is 10.1. The maximum absolute atomic E-state index is 6.35. The number of halogens is 2.